The molecule has 4 aliphatic rings. The van der Waals surface area contributed by atoms with Gasteiger partial charge in [0.25, 0.3) is 0 Å². The maximum absolute atomic E-state index is 12.7. The molecule has 0 saturated heterocycles. The van der Waals surface area contributed by atoms with Crippen molar-refractivity contribution in [2.75, 3.05) is 7.11 Å². The van der Waals surface area contributed by atoms with E-state index in [-0.39, 0.29) is 70.6 Å². The van der Waals surface area contributed by atoms with Gasteiger partial charge in [-0.3, -0.25) is 4.79 Å². The van der Waals surface area contributed by atoms with Crippen LogP contribution in [0, 0.1) is 46.3 Å². The summed E-state index contributed by atoms with van der Waals surface area (Å²) >= 11 is 0. The predicted octanol–water partition coefficient (Wildman–Crippen LogP) is 5.75. The van der Waals surface area contributed by atoms with E-state index in [0.29, 0.717) is 38.5 Å². The first-order valence-electron chi connectivity index (χ1n) is 15.5. The van der Waals surface area contributed by atoms with Crippen molar-refractivity contribution in [1.29, 1.82) is 0 Å². The average molecular weight is 585 g/mol. The van der Waals surface area contributed by atoms with E-state index < -0.39 is 17.9 Å². The van der Waals surface area contributed by atoms with Gasteiger partial charge in [0, 0.05) is 36.0 Å². The number of carbonyl (C=O) groups excluding carboxylic acids is 4. The highest BCUT2D eigenvalue weighted by Crippen LogP contribution is 2.69. The Morgan fingerprint density at radius 2 is 1.48 bits per heavy atom. The maximum Gasteiger partial charge on any atom is 0.330 e. The molecule has 8 nitrogen and oxygen atoms in total. The molecular weight excluding hydrogens is 536 g/mol. The Labute approximate surface area is 250 Å². The van der Waals surface area contributed by atoms with Crippen LogP contribution in [0.15, 0.2) is 38.0 Å². The average Bonchev–Trinajstić information content (AvgIpc) is 3.34. The van der Waals surface area contributed by atoms with E-state index in [1.165, 1.54) is 25.3 Å². The minimum absolute atomic E-state index is 0.0182. The van der Waals surface area contributed by atoms with E-state index in [0.717, 1.165) is 19.3 Å². The van der Waals surface area contributed by atoms with Crippen LogP contribution in [-0.2, 0) is 38.1 Å². The molecule has 42 heavy (non-hydrogen) atoms. The number of esters is 4. The van der Waals surface area contributed by atoms with Crippen molar-refractivity contribution in [2.24, 2.45) is 46.3 Å². The molecule has 0 spiro atoms. The van der Waals surface area contributed by atoms with Crippen LogP contribution in [0.1, 0.15) is 78.6 Å². The largest absolute Gasteiger partial charge is 0.469 e. The molecule has 4 aliphatic carbocycles. The molecule has 0 aromatic heterocycles. The molecule has 232 valence electrons. The molecule has 11 atom stereocenters. The van der Waals surface area contributed by atoms with Crippen LogP contribution < -0.4 is 0 Å². The Hall–Kier alpha value is -2.90. The lowest BCUT2D eigenvalue weighted by Gasteiger charge is -2.64. The Morgan fingerprint density at radius 3 is 2.12 bits per heavy atom. The number of hydrogen-bond acceptors (Lipinski definition) is 8. The van der Waals surface area contributed by atoms with Crippen LogP contribution in [0.25, 0.3) is 0 Å². The fourth-order valence-corrected chi connectivity index (χ4v) is 9.79. The van der Waals surface area contributed by atoms with Crippen LogP contribution in [0.3, 0.4) is 0 Å². The molecule has 0 aromatic carbocycles. The molecule has 0 N–H and O–H groups in total. The standard InChI is InChI=1S/C34H48O8/c1-8-29(35)40-21-15-16-33(5)25-19-28(42-31(37)10-3)34(6)23(20(4)11-14-32(38)39-7)12-13-24(34)22(25)18-27(26(33)17-21)41-30(36)9-2/h8-10,20-28H,1-3,11-19H2,4-7H3/t20-,21-,22+,23?,24+,25+,26?,27+,28+,33-,34-/m1/s1. The Morgan fingerprint density at radius 1 is 0.833 bits per heavy atom. The molecule has 4 saturated carbocycles. The molecule has 4 rings (SSSR count). The third-order valence-electron chi connectivity index (χ3n) is 11.8. The summed E-state index contributed by atoms with van der Waals surface area (Å²) in [6.45, 7) is 17.6. The number of ether oxygens (including phenoxy) is 4. The van der Waals surface area contributed by atoms with E-state index >= 15 is 0 Å². The van der Waals surface area contributed by atoms with Gasteiger partial charge in [-0.2, -0.15) is 0 Å². The Kier molecular flexibility index (Phi) is 9.73. The number of hydrogen-bond donors (Lipinski definition) is 0. The van der Waals surface area contributed by atoms with E-state index in [2.05, 4.69) is 40.5 Å². The van der Waals surface area contributed by atoms with Gasteiger partial charge in [0.15, 0.2) is 0 Å². The van der Waals surface area contributed by atoms with E-state index in [1.54, 1.807) is 0 Å². The monoisotopic (exact) mass is 584 g/mol. The predicted molar refractivity (Wildman–Crippen MR) is 157 cm³/mol. The number of rotatable bonds is 10. The summed E-state index contributed by atoms with van der Waals surface area (Å²) in [5.41, 5.74) is -0.511. The summed E-state index contributed by atoms with van der Waals surface area (Å²) in [6.07, 6.45) is 9.29. The molecular formula is C34H48O8. The zero-order valence-electron chi connectivity index (χ0n) is 25.7. The van der Waals surface area contributed by atoms with Gasteiger partial charge in [-0.05, 0) is 86.4 Å². The van der Waals surface area contributed by atoms with Crippen molar-refractivity contribution in [2.45, 2.75) is 96.9 Å². The lowest BCUT2D eigenvalue weighted by atomic mass is 9.43. The summed E-state index contributed by atoms with van der Waals surface area (Å²) in [4.78, 5) is 49.3. The lowest BCUT2D eigenvalue weighted by Crippen LogP contribution is -2.62. The normalized spacial score (nSPS) is 39.2. The number of methoxy groups -OCH3 is 1. The van der Waals surface area contributed by atoms with Crippen LogP contribution in [0.5, 0.6) is 0 Å². The SMILES string of the molecule is C=CC(=O)O[C@@H]1CC[C@@]2(C)C(C1)[C@@H](OC(=O)C=C)C[C@H]1[C@@H]3CCC([C@H](C)CCC(=O)OC)[C@@]3(C)[C@@H](OC(=O)C=C)C[C@@H]12. The molecule has 0 aliphatic heterocycles. The highest BCUT2D eigenvalue weighted by Gasteiger charge is 2.67. The highest BCUT2D eigenvalue weighted by molar-refractivity contribution is 5.82. The number of carbonyl (C=O) groups is 4. The van der Waals surface area contributed by atoms with Gasteiger partial charge in [-0.1, -0.05) is 40.5 Å². The third kappa shape index (κ3) is 5.83. The van der Waals surface area contributed by atoms with Crippen LogP contribution >= 0.6 is 0 Å². The minimum atomic E-state index is -0.444. The van der Waals surface area contributed by atoms with Crippen molar-refractivity contribution < 1.29 is 38.1 Å². The first-order chi connectivity index (χ1) is 19.9. The van der Waals surface area contributed by atoms with Crippen LogP contribution in [-0.4, -0.2) is 49.3 Å². The summed E-state index contributed by atoms with van der Waals surface area (Å²) in [5, 5.41) is 0. The van der Waals surface area contributed by atoms with Crippen molar-refractivity contribution in [3.63, 3.8) is 0 Å². The Bertz CT molecular complexity index is 1100. The van der Waals surface area contributed by atoms with Crippen molar-refractivity contribution >= 4 is 23.9 Å². The first-order valence-corrected chi connectivity index (χ1v) is 15.5. The summed E-state index contributed by atoms with van der Waals surface area (Å²) in [6, 6.07) is 0. The molecule has 2 unspecified atom stereocenters. The molecule has 0 bridgehead atoms. The Balaban J connectivity index is 1.70. The first kappa shape index (κ1) is 32.0. The topological polar surface area (TPSA) is 105 Å². The van der Waals surface area contributed by atoms with Crippen molar-refractivity contribution in [3.05, 3.63) is 38.0 Å². The number of fused-ring (bicyclic) bond motifs is 5. The second-order valence-corrected chi connectivity index (χ2v) is 13.4. The van der Waals surface area contributed by atoms with Gasteiger partial charge in [-0.25, -0.2) is 14.4 Å². The van der Waals surface area contributed by atoms with Gasteiger partial charge >= 0.3 is 23.9 Å². The van der Waals surface area contributed by atoms with Crippen LogP contribution in [0.2, 0.25) is 0 Å². The van der Waals surface area contributed by atoms with Gasteiger partial charge < -0.3 is 18.9 Å². The van der Waals surface area contributed by atoms with Gasteiger partial charge in [-0.15, -0.1) is 0 Å². The molecule has 4 fully saturated rings. The third-order valence-corrected chi connectivity index (χ3v) is 11.8. The zero-order valence-corrected chi connectivity index (χ0v) is 25.7. The second-order valence-electron chi connectivity index (χ2n) is 13.4. The summed E-state index contributed by atoms with van der Waals surface area (Å²) < 4.78 is 22.9. The van der Waals surface area contributed by atoms with Crippen molar-refractivity contribution in [1.82, 2.24) is 0 Å². The zero-order chi connectivity index (χ0) is 30.8. The van der Waals surface area contributed by atoms with Gasteiger partial charge in [0.2, 0.25) is 0 Å². The van der Waals surface area contributed by atoms with E-state index in [1.807, 2.05) is 0 Å². The summed E-state index contributed by atoms with van der Waals surface area (Å²) in [5.74, 6) is -0.290. The summed E-state index contributed by atoms with van der Waals surface area (Å²) in [7, 11) is 1.41. The molecule has 0 amide bonds. The highest BCUT2D eigenvalue weighted by atomic mass is 16.6. The molecule has 0 heterocycles. The lowest BCUT2D eigenvalue weighted by molar-refractivity contribution is -0.219. The molecule has 0 aromatic rings. The quantitative estimate of drug-likeness (QED) is 0.182. The molecule has 0 radical (unpaired) electrons. The van der Waals surface area contributed by atoms with E-state index in [9.17, 15) is 19.2 Å². The second kappa shape index (κ2) is 12.8. The van der Waals surface area contributed by atoms with E-state index in [4.69, 9.17) is 18.9 Å². The van der Waals surface area contributed by atoms with Gasteiger partial charge in [0.1, 0.15) is 18.3 Å². The van der Waals surface area contributed by atoms with Gasteiger partial charge in [0.05, 0.1) is 7.11 Å². The maximum atomic E-state index is 12.7. The minimum Gasteiger partial charge on any atom is -0.469 e. The van der Waals surface area contributed by atoms with Crippen LogP contribution in [0.4, 0.5) is 0 Å². The van der Waals surface area contributed by atoms with Crippen molar-refractivity contribution in [3.8, 4) is 0 Å². The molecule has 8 heteroatoms. The fourth-order valence-electron chi connectivity index (χ4n) is 9.79. The smallest absolute Gasteiger partial charge is 0.330 e. The fraction of sp³-hybridized carbons (Fsp3) is 0.706.